The molecular formula is C27H20BrN3O4S. The summed E-state index contributed by atoms with van der Waals surface area (Å²) in [4.78, 5) is 18.2. The summed E-state index contributed by atoms with van der Waals surface area (Å²) in [6.45, 7) is 0.0211. The Balaban J connectivity index is 1.44. The second kappa shape index (κ2) is 10.1. The standard InChI is InChI=1S/C27H20BrN3O4S/c28-19-7-3-6-18(14-19)26-16-24(23-11-1-2-12-25(23)31-26)27(32)30-20-8-4-10-22(15-20)36(33,34)29-17-21-9-5-13-35-21/h1-16,29H,17H2,(H,30,32). The first-order valence-corrected chi connectivity index (χ1v) is 13.3. The van der Waals surface area contributed by atoms with Crippen LogP contribution in [0.3, 0.4) is 0 Å². The maximum atomic E-state index is 13.4. The number of hydrogen-bond donors (Lipinski definition) is 2. The van der Waals surface area contributed by atoms with Crippen LogP contribution in [-0.2, 0) is 16.6 Å². The van der Waals surface area contributed by atoms with E-state index in [4.69, 9.17) is 9.40 Å². The Hall–Kier alpha value is -3.79. The van der Waals surface area contributed by atoms with E-state index in [-0.39, 0.29) is 17.3 Å². The quantitative estimate of drug-likeness (QED) is 0.254. The molecule has 0 fully saturated rings. The number of fused-ring (bicyclic) bond motifs is 1. The van der Waals surface area contributed by atoms with Crippen LogP contribution in [0.4, 0.5) is 5.69 Å². The zero-order valence-electron chi connectivity index (χ0n) is 18.8. The summed E-state index contributed by atoms with van der Waals surface area (Å²) in [6.07, 6.45) is 1.48. The largest absolute Gasteiger partial charge is 0.468 e. The van der Waals surface area contributed by atoms with E-state index in [1.165, 1.54) is 18.4 Å². The average Bonchev–Trinajstić information content (AvgIpc) is 3.41. The third-order valence-corrected chi connectivity index (χ3v) is 7.39. The Labute approximate surface area is 216 Å². The number of pyridine rings is 1. The van der Waals surface area contributed by atoms with Crippen LogP contribution >= 0.6 is 15.9 Å². The molecule has 0 saturated heterocycles. The normalized spacial score (nSPS) is 11.5. The molecule has 5 aromatic rings. The minimum absolute atomic E-state index is 0.0211. The van der Waals surface area contributed by atoms with Gasteiger partial charge in [-0.1, -0.05) is 52.3 Å². The molecule has 3 aromatic carbocycles. The molecule has 0 aliphatic rings. The number of halogens is 1. The SMILES string of the molecule is O=C(Nc1cccc(S(=O)(=O)NCc2ccco2)c1)c1cc(-c2cccc(Br)c2)nc2ccccc12. The van der Waals surface area contributed by atoms with E-state index in [9.17, 15) is 13.2 Å². The van der Waals surface area contributed by atoms with Crippen LogP contribution in [0.15, 0.2) is 111 Å². The van der Waals surface area contributed by atoms with Gasteiger partial charge < -0.3 is 9.73 Å². The van der Waals surface area contributed by atoms with Gasteiger partial charge in [0.2, 0.25) is 10.0 Å². The highest BCUT2D eigenvalue weighted by Crippen LogP contribution is 2.27. The molecule has 0 atom stereocenters. The summed E-state index contributed by atoms with van der Waals surface area (Å²) in [5.41, 5.74) is 2.97. The van der Waals surface area contributed by atoms with Crippen molar-refractivity contribution >= 4 is 48.5 Å². The lowest BCUT2D eigenvalue weighted by atomic mass is 10.0. The lowest BCUT2D eigenvalue weighted by Crippen LogP contribution is -2.23. The van der Waals surface area contributed by atoms with Gasteiger partial charge in [0.1, 0.15) is 5.76 Å². The summed E-state index contributed by atoms with van der Waals surface area (Å²) >= 11 is 3.48. The van der Waals surface area contributed by atoms with Crippen molar-refractivity contribution < 1.29 is 17.6 Å². The molecule has 2 N–H and O–H groups in total. The fourth-order valence-corrected chi connectivity index (χ4v) is 5.20. The molecular weight excluding hydrogens is 542 g/mol. The number of sulfonamides is 1. The first-order valence-electron chi connectivity index (χ1n) is 11.0. The minimum Gasteiger partial charge on any atom is -0.468 e. The highest BCUT2D eigenvalue weighted by Gasteiger charge is 2.18. The third kappa shape index (κ3) is 5.23. The molecule has 180 valence electrons. The van der Waals surface area contributed by atoms with Gasteiger partial charge in [0.25, 0.3) is 5.91 Å². The van der Waals surface area contributed by atoms with Crippen molar-refractivity contribution in [3.05, 3.63) is 113 Å². The molecule has 0 radical (unpaired) electrons. The van der Waals surface area contributed by atoms with Crippen LogP contribution in [-0.4, -0.2) is 19.3 Å². The first kappa shape index (κ1) is 23.9. The van der Waals surface area contributed by atoms with Crippen LogP contribution in [0.2, 0.25) is 0 Å². The number of hydrogen-bond acceptors (Lipinski definition) is 5. The van der Waals surface area contributed by atoms with Crippen molar-refractivity contribution in [1.29, 1.82) is 0 Å². The number of aromatic nitrogens is 1. The van der Waals surface area contributed by atoms with Crippen LogP contribution < -0.4 is 10.0 Å². The molecule has 2 heterocycles. The van der Waals surface area contributed by atoms with Crippen LogP contribution in [0.5, 0.6) is 0 Å². The van der Waals surface area contributed by atoms with E-state index in [0.717, 1.165) is 10.0 Å². The second-order valence-corrected chi connectivity index (χ2v) is 10.7. The number of nitrogens with zero attached hydrogens (tertiary/aromatic N) is 1. The van der Waals surface area contributed by atoms with Gasteiger partial charge in [-0.25, -0.2) is 18.1 Å². The highest BCUT2D eigenvalue weighted by atomic mass is 79.9. The van der Waals surface area contributed by atoms with Crippen molar-refractivity contribution in [3.8, 4) is 11.3 Å². The zero-order chi connectivity index (χ0) is 25.1. The van der Waals surface area contributed by atoms with Crippen molar-refractivity contribution in [1.82, 2.24) is 9.71 Å². The van der Waals surface area contributed by atoms with E-state index in [0.29, 0.717) is 33.6 Å². The van der Waals surface area contributed by atoms with Gasteiger partial charge >= 0.3 is 0 Å². The fourth-order valence-electron chi connectivity index (χ4n) is 3.76. The maximum Gasteiger partial charge on any atom is 0.256 e. The molecule has 0 aliphatic heterocycles. The van der Waals surface area contributed by atoms with Gasteiger partial charge in [-0.3, -0.25) is 4.79 Å². The number of anilines is 1. The average molecular weight is 562 g/mol. The van der Waals surface area contributed by atoms with Crippen LogP contribution in [0.1, 0.15) is 16.1 Å². The van der Waals surface area contributed by atoms with E-state index in [1.54, 1.807) is 30.3 Å². The molecule has 5 rings (SSSR count). The van der Waals surface area contributed by atoms with Gasteiger partial charge in [0.15, 0.2) is 0 Å². The van der Waals surface area contributed by atoms with E-state index in [2.05, 4.69) is 26.0 Å². The number of para-hydroxylation sites is 1. The number of nitrogens with one attached hydrogen (secondary N) is 2. The molecule has 36 heavy (non-hydrogen) atoms. The molecule has 0 saturated carbocycles. The van der Waals surface area contributed by atoms with Gasteiger partial charge in [0, 0.05) is 21.1 Å². The molecule has 1 amide bonds. The third-order valence-electron chi connectivity index (χ3n) is 5.50. The number of carbonyl (C=O) groups excluding carboxylic acids is 1. The molecule has 7 nitrogen and oxygen atoms in total. The van der Waals surface area contributed by atoms with Gasteiger partial charge in [0.05, 0.1) is 34.5 Å². The highest BCUT2D eigenvalue weighted by molar-refractivity contribution is 9.10. The summed E-state index contributed by atoms with van der Waals surface area (Å²) in [5, 5.41) is 3.53. The Kier molecular flexibility index (Phi) is 6.69. The van der Waals surface area contributed by atoms with Gasteiger partial charge in [-0.15, -0.1) is 0 Å². The van der Waals surface area contributed by atoms with E-state index >= 15 is 0 Å². The molecule has 2 aromatic heterocycles. The van der Waals surface area contributed by atoms with Crippen molar-refractivity contribution in [2.24, 2.45) is 0 Å². The Morgan fingerprint density at radius 2 is 1.75 bits per heavy atom. The number of amides is 1. The second-order valence-electron chi connectivity index (χ2n) is 7.97. The molecule has 0 spiro atoms. The minimum atomic E-state index is -3.82. The first-order chi connectivity index (χ1) is 17.4. The summed E-state index contributed by atoms with van der Waals surface area (Å²) in [5.74, 6) is 0.122. The predicted octanol–water partition coefficient (Wildman–Crippen LogP) is 5.99. The number of rotatable bonds is 7. The Bertz CT molecular complexity index is 1670. The number of benzene rings is 3. The van der Waals surface area contributed by atoms with Crippen LogP contribution in [0.25, 0.3) is 22.2 Å². The van der Waals surface area contributed by atoms with E-state index < -0.39 is 10.0 Å². The molecule has 0 bridgehead atoms. The predicted molar refractivity (Wildman–Crippen MR) is 142 cm³/mol. The summed E-state index contributed by atoms with van der Waals surface area (Å²) < 4.78 is 34.1. The van der Waals surface area contributed by atoms with Gasteiger partial charge in [-0.05, 0) is 54.6 Å². The molecule has 9 heteroatoms. The van der Waals surface area contributed by atoms with Crippen molar-refractivity contribution in [3.63, 3.8) is 0 Å². The molecule has 0 unspecified atom stereocenters. The van der Waals surface area contributed by atoms with E-state index in [1.807, 2.05) is 48.5 Å². The smallest absolute Gasteiger partial charge is 0.256 e. The fraction of sp³-hybridized carbons (Fsp3) is 0.0370. The lowest BCUT2D eigenvalue weighted by molar-refractivity contribution is 0.102. The monoisotopic (exact) mass is 561 g/mol. The maximum absolute atomic E-state index is 13.4. The lowest BCUT2D eigenvalue weighted by Gasteiger charge is -2.12. The topological polar surface area (TPSA) is 101 Å². The Morgan fingerprint density at radius 3 is 2.56 bits per heavy atom. The molecule has 0 aliphatic carbocycles. The summed E-state index contributed by atoms with van der Waals surface area (Å²) in [7, 11) is -3.82. The number of carbonyl (C=O) groups is 1. The van der Waals surface area contributed by atoms with Crippen molar-refractivity contribution in [2.75, 3.05) is 5.32 Å². The zero-order valence-corrected chi connectivity index (χ0v) is 21.2. The Morgan fingerprint density at radius 1 is 0.917 bits per heavy atom. The van der Waals surface area contributed by atoms with Gasteiger partial charge in [-0.2, -0.15) is 0 Å². The van der Waals surface area contributed by atoms with Crippen molar-refractivity contribution in [2.45, 2.75) is 11.4 Å². The van der Waals surface area contributed by atoms with Crippen LogP contribution in [0, 0.1) is 0 Å². The summed E-state index contributed by atoms with van der Waals surface area (Å²) in [6, 6.07) is 26.3. The number of furan rings is 1.